The standard InChI is InChI=1S/C74H137N2O18P/c1-8-14-20-24-28-31-35-38-44-49-60(89-59(7)48-42-18-12-5)54-65(78)75-63(73(83)84)58-88-74-70(76-66(79)55-61(50-45-39-36-32-29-25-21-15-9-2)90-68(81)53-47-41-34-27-23-17-11-4)72(71(64(57-77)92-74)94-95(85,86)87)93-69(82)56-62(91-67(80)52-43-19-13-6)51-46-40-37-33-30-26-22-16-10-3/h60-64,70-72,74,77H,7-58H2,1-6H3,(H,75,78)(H,76,79)(H,83,84)(H2,85,86,87)/t60-,61-,62-,63+,64?,70?,71-,72-,74-/m1/s1. The number of aliphatic carboxylic acids is 1. The second-order valence-electron chi connectivity index (χ2n) is 26.9. The van der Waals surface area contributed by atoms with Gasteiger partial charge in [-0.05, 0) is 57.8 Å². The van der Waals surface area contributed by atoms with Crippen LogP contribution < -0.4 is 10.6 Å². The number of carboxylic acids is 1. The molecule has 95 heavy (non-hydrogen) atoms. The molecule has 9 atom stereocenters. The number of nitrogens with one attached hydrogen (secondary N) is 2. The Kier molecular flexibility index (Phi) is 55.7. The van der Waals surface area contributed by atoms with Crippen molar-refractivity contribution in [2.45, 2.75) is 411 Å². The summed E-state index contributed by atoms with van der Waals surface area (Å²) in [7, 11) is -5.54. The van der Waals surface area contributed by atoms with Crippen LogP contribution in [0.3, 0.4) is 0 Å². The van der Waals surface area contributed by atoms with Crippen molar-refractivity contribution in [2.24, 2.45) is 0 Å². The Morgan fingerprint density at radius 1 is 0.463 bits per heavy atom. The molecule has 1 aliphatic rings. The van der Waals surface area contributed by atoms with Crippen LogP contribution in [0.1, 0.15) is 356 Å². The number of rotatable bonds is 66. The van der Waals surface area contributed by atoms with Crippen molar-refractivity contribution in [1.29, 1.82) is 0 Å². The van der Waals surface area contributed by atoms with Crippen molar-refractivity contribution in [3.05, 3.63) is 12.3 Å². The molecule has 1 heterocycles. The maximum atomic E-state index is 14.7. The first-order valence-electron chi connectivity index (χ1n) is 38.2. The summed E-state index contributed by atoms with van der Waals surface area (Å²) in [6.45, 7) is 15.1. The number of ether oxygens (including phenoxy) is 6. The average Bonchev–Trinajstić information content (AvgIpc) is 0.783. The first-order valence-corrected chi connectivity index (χ1v) is 39.7. The Morgan fingerprint density at radius 2 is 0.821 bits per heavy atom. The summed E-state index contributed by atoms with van der Waals surface area (Å²) in [6, 6.07) is -3.50. The summed E-state index contributed by atoms with van der Waals surface area (Å²) in [5, 5.41) is 26.8. The summed E-state index contributed by atoms with van der Waals surface area (Å²) in [5.41, 5.74) is 0. The molecule has 2 unspecified atom stereocenters. The lowest BCUT2D eigenvalue weighted by Crippen LogP contribution is -2.66. The van der Waals surface area contributed by atoms with Crippen molar-refractivity contribution in [1.82, 2.24) is 10.6 Å². The van der Waals surface area contributed by atoms with E-state index in [0.29, 0.717) is 57.1 Å². The number of phosphoric acid groups is 1. The molecule has 20 nitrogen and oxygen atoms in total. The molecule has 0 saturated carbocycles. The van der Waals surface area contributed by atoms with Crippen LogP contribution in [-0.2, 0) is 66.3 Å². The fourth-order valence-electron chi connectivity index (χ4n) is 12.2. The predicted octanol–water partition coefficient (Wildman–Crippen LogP) is 17.1. The SMILES string of the molecule is C=C(CCCCC)O[C@H](CCCCCCCCCCC)CC(=O)N[C@@H](CO[C@@H]1OC(CO)[C@@H](OP(=O)(O)O)[C@H](OC(=O)C[C@@H](CCCCCCCCCCC)OC(=O)CCCCC)C1NC(=O)C[C@@H](CCCCCCCCCCC)OC(=O)CCCCCCCCC)C(=O)O. The van der Waals surface area contributed by atoms with Crippen LogP contribution in [0.5, 0.6) is 0 Å². The van der Waals surface area contributed by atoms with Gasteiger partial charge in [-0.25, -0.2) is 9.36 Å². The zero-order valence-corrected chi connectivity index (χ0v) is 61.3. The zero-order valence-electron chi connectivity index (χ0n) is 60.4. The topological polar surface area (TPSA) is 289 Å². The number of phosphoric ester groups is 1. The van der Waals surface area contributed by atoms with E-state index in [9.17, 15) is 53.3 Å². The summed E-state index contributed by atoms with van der Waals surface area (Å²) in [4.78, 5) is 104. The lowest BCUT2D eigenvalue weighted by atomic mass is 9.95. The number of aliphatic hydroxyl groups excluding tert-OH is 1. The van der Waals surface area contributed by atoms with Crippen molar-refractivity contribution in [3.63, 3.8) is 0 Å². The molecule has 0 aromatic carbocycles. The smallest absolute Gasteiger partial charge is 0.470 e. The van der Waals surface area contributed by atoms with E-state index in [1.54, 1.807) is 0 Å². The number of hydrogen-bond acceptors (Lipinski definition) is 15. The lowest BCUT2D eigenvalue weighted by Gasteiger charge is -2.45. The summed E-state index contributed by atoms with van der Waals surface area (Å²) >= 11 is 0. The van der Waals surface area contributed by atoms with E-state index in [2.05, 4.69) is 51.8 Å². The lowest BCUT2D eigenvalue weighted by molar-refractivity contribution is -0.272. The number of esters is 3. The van der Waals surface area contributed by atoms with Crippen LogP contribution in [-0.4, -0.2) is 124 Å². The summed E-state index contributed by atoms with van der Waals surface area (Å²) < 4.78 is 54.9. The Balaban J connectivity index is 3.81. The van der Waals surface area contributed by atoms with E-state index >= 15 is 0 Å². The van der Waals surface area contributed by atoms with Gasteiger partial charge in [-0.15, -0.1) is 0 Å². The molecular formula is C74H137N2O18P. The van der Waals surface area contributed by atoms with E-state index in [4.69, 9.17) is 32.9 Å². The quantitative estimate of drug-likeness (QED) is 0.0108. The molecule has 1 aliphatic heterocycles. The van der Waals surface area contributed by atoms with Gasteiger partial charge in [-0.3, -0.25) is 28.5 Å². The van der Waals surface area contributed by atoms with Gasteiger partial charge >= 0.3 is 31.7 Å². The molecule has 0 bridgehead atoms. The molecule has 556 valence electrons. The highest BCUT2D eigenvalue weighted by atomic mass is 31.2. The van der Waals surface area contributed by atoms with E-state index in [-0.39, 0.29) is 19.3 Å². The Bertz CT molecular complexity index is 2030. The van der Waals surface area contributed by atoms with Crippen LogP contribution in [0, 0.1) is 0 Å². The van der Waals surface area contributed by atoms with Gasteiger partial charge in [0.1, 0.15) is 36.6 Å². The molecule has 1 fully saturated rings. The zero-order chi connectivity index (χ0) is 70.2. The molecular weight excluding hydrogens is 1240 g/mol. The largest absolute Gasteiger partial charge is 0.495 e. The highest BCUT2D eigenvalue weighted by Crippen LogP contribution is 2.42. The van der Waals surface area contributed by atoms with Crippen LogP contribution in [0.15, 0.2) is 12.3 Å². The number of hydrogen-bond donors (Lipinski definition) is 6. The fourth-order valence-corrected chi connectivity index (χ4v) is 12.8. The first kappa shape index (κ1) is 89.4. The summed E-state index contributed by atoms with van der Waals surface area (Å²) in [5.74, 6) is -4.39. The monoisotopic (exact) mass is 1370 g/mol. The Hall–Kier alpha value is -3.65. The third-order valence-electron chi connectivity index (χ3n) is 17.8. The highest BCUT2D eigenvalue weighted by molar-refractivity contribution is 7.46. The van der Waals surface area contributed by atoms with Gasteiger partial charge in [0.2, 0.25) is 11.8 Å². The first-order chi connectivity index (χ1) is 45.8. The third-order valence-corrected chi connectivity index (χ3v) is 18.3. The van der Waals surface area contributed by atoms with Gasteiger partial charge in [-0.1, -0.05) is 266 Å². The van der Waals surface area contributed by atoms with Gasteiger partial charge in [0, 0.05) is 19.3 Å². The van der Waals surface area contributed by atoms with E-state index in [1.165, 1.54) is 51.4 Å². The van der Waals surface area contributed by atoms with E-state index < -0.39 is 125 Å². The summed E-state index contributed by atoms with van der Waals surface area (Å²) in [6.07, 6.45) is 31.2. The molecule has 0 spiro atoms. The van der Waals surface area contributed by atoms with Gasteiger partial charge in [0.25, 0.3) is 0 Å². The second kappa shape index (κ2) is 59.2. The van der Waals surface area contributed by atoms with Crippen molar-refractivity contribution in [3.8, 4) is 0 Å². The maximum absolute atomic E-state index is 14.7. The van der Waals surface area contributed by atoms with Crippen LogP contribution >= 0.6 is 7.82 Å². The minimum absolute atomic E-state index is 0.121. The van der Waals surface area contributed by atoms with Crippen molar-refractivity contribution in [2.75, 3.05) is 13.2 Å². The highest BCUT2D eigenvalue weighted by Gasteiger charge is 2.52. The molecule has 0 radical (unpaired) electrons. The van der Waals surface area contributed by atoms with Crippen LogP contribution in [0.25, 0.3) is 0 Å². The number of unbranched alkanes of at least 4 members (excludes halogenated alkanes) is 34. The molecule has 1 saturated heterocycles. The minimum Gasteiger partial charge on any atom is -0.495 e. The van der Waals surface area contributed by atoms with Crippen molar-refractivity contribution < 1.29 is 86.3 Å². The number of carboxylic acid groups (broad SMARTS) is 1. The Labute approximate surface area is 574 Å². The van der Waals surface area contributed by atoms with Gasteiger partial charge in [-0.2, -0.15) is 0 Å². The second-order valence-corrected chi connectivity index (χ2v) is 28.1. The molecule has 1 rings (SSSR count). The van der Waals surface area contributed by atoms with Gasteiger partial charge in [0.15, 0.2) is 18.4 Å². The van der Waals surface area contributed by atoms with Gasteiger partial charge in [0.05, 0.1) is 38.2 Å². The van der Waals surface area contributed by atoms with Gasteiger partial charge < -0.3 is 59.1 Å². The van der Waals surface area contributed by atoms with E-state index in [0.717, 1.165) is 180 Å². The third kappa shape index (κ3) is 48.7. The normalized spacial score (nSPS) is 17.7. The molecule has 0 aliphatic carbocycles. The number of amides is 2. The Morgan fingerprint density at radius 3 is 1.23 bits per heavy atom. The predicted molar refractivity (Wildman–Crippen MR) is 374 cm³/mol. The number of aliphatic hydroxyl groups is 1. The number of allylic oxidation sites excluding steroid dienone is 1. The maximum Gasteiger partial charge on any atom is 0.470 e. The van der Waals surface area contributed by atoms with Crippen LogP contribution in [0.4, 0.5) is 0 Å². The molecule has 0 aromatic rings. The van der Waals surface area contributed by atoms with Crippen molar-refractivity contribution >= 4 is 43.5 Å². The fraction of sp³-hybridized carbons (Fsp3) is 0.892. The number of carbonyl (C=O) groups excluding carboxylic acids is 5. The molecule has 6 N–H and O–H groups in total. The number of carbonyl (C=O) groups is 6. The molecule has 21 heteroatoms. The average molecular weight is 1370 g/mol. The molecule has 2 amide bonds. The molecule has 0 aromatic heterocycles. The minimum atomic E-state index is -5.54. The van der Waals surface area contributed by atoms with E-state index in [1.807, 2.05) is 6.92 Å². The van der Waals surface area contributed by atoms with Crippen LogP contribution in [0.2, 0.25) is 0 Å².